The van der Waals surface area contributed by atoms with Crippen LogP contribution in [0.1, 0.15) is 41.0 Å². The predicted molar refractivity (Wildman–Crippen MR) is 54.5 cm³/mol. The lowest BCUT2D eigenvalue weighted by molar-refractivity contribution is 0.296. The molecule has 1 heteroatoms. The lowest BCUT2D eigenvalue weighted by Crippen LogP contribution is -2.33. The van der Waals surface area contributed by atoms with E-state index in [4.69, 9.17) is 0 Å². The molecule has 0 aromatic rings. The zero-order chi connectivity index (χ0) is 9.61. The quantitative estimate of drug-likeness (QED) is 0.426. The summed E-state index contributed by atoms with van der Waals surface area (Å²) in [7, 11) is 0. The fourth-order valence-corrected chi connectivity index (χ4v) is 0.742. The monoisotopic (exact) mass is 165 g/mol. The third-order valence-corrected chi connectivity index (χ3v) is 1.40. The maximum Gasteiger partial charge on any atom is 0.0443 e. The molecule has 0 radical (unpaired) electrons. The largest absolute Gasteiger partial charge is 0.304 e. The van der Waals surface area contributed by atoms with Crippen molar-refractivity contribution in [1.29, 1.82) is 0 Å². The molecule has 0 amide bonds. The first kappa shape index (κ1) is 11.1. The zero-order valence-corrected chi connectivity index (χ0v) is 8.81. The van der Waals surface area contributed by atoms with Gasteiger partial charge in [0, 0.05) is 24.2 Å². The molecule has 0 aliphatic heterocycles. The van der Waals surface area contributed by atoms with Gasteiger partial charge in [-0.25, -0.2) is 0 Å². The molecular formula is C11H19N. The molecule has 0 fully saturated rings. The van der Waals surface area contributed by atoms with Crippen LogP contribution in [0, 0.1) is 12.0 Å². The van der Waals surface area contributed by atoms with Gasteiger partial charge in [-0.1, -0.05) is 18.9 Å². The molecular weight excluding hydrogens is 146 g/mol. The Morgan fingerprint density at radius 3 is 2.25 bits per heavy atom. The summed E-state index contributed by atoms with van der Waals surface area (Å²) in [5.41, 5.74) is 0.0919. The van der Waals surface area contributed by atoms with Crippen LogP contribution in [0.4, 0.5) is 0 Å². The fraction of sp³-hybridized carbons (Fsp3) is 0.636. The number of nitrogens with zero attached hydrogens (tertiary/aromatic N) is 1. The van der Waals surface area contributed by atoms with E-state index >= 15 is 0 Å². The minimum Gasteiger partial charge on any atom is -0.304 e. The molecule has 0 spiro atoms. The maximum absolute atomic E-state index is 3.11. The Kier molecular flexibility index (Phi) is 4.51. The van der Waals surface area contributed by atoms with Gasteiger partial charge in [0.2, 0.25) is 0 Å². The second kappa shape index (κ2) is 4.87. The number of allylic oxidation sites excluding steroid dienone is 1. The van der Waals surface area contributed by atoms with Crippen LogP contribution in [0.25, 0.3) is 0 Å². The van der Waals surface area contributed by atoms with E-state index < -0.39 is 0 Å². The Balaban J connectivity index is 4.45. The van der Waals surface area contributed by atoms with E-state index in [1.807, 2.05) is 24.1 Å². The summed E-state index contributed by atoms with van der Waals surface area (Å²) < 4.78 is 0. The lowest BCUT2D eigenvalue weighted by atomic mass is 10.1. The molecule has 1 nitrogen and oxygen atoms in total. The summed E-state index contributed by atoms with van der Waals surface area (Å²) in [4.78, 5) is 2.04. The van der Waals surface area contributed by atoms with E-state index in [1.165, 1.54) is 0 Å². The van der Waals surface area contributed by atoms with E-state index in [0.717, 1.165) is 6.42 Å². The minimum atomic E-state index is 0.0919. The van der Waals surface area contributed by atoms with Crippen molar-refractivity contribution in [2.24, 2.45) is 0 Å². The molecule has 0 aliphatic rings. The average Bonchev–Trinajstić information content (AvgIpc) is 1.95. The van der Waals surface area contributed by atoms with Gasteiger partial charge in [0.1, 0.15) is 0 Å². The van der Waals surface area contributed by atoms with Crippen molar-refractivity contribution in [3.05, 3.63) is 12.3 Å². The second-order valence-corrected chi connectivity index (χ2v) is 3.67. The summed E-state index contributed by atoms with van der Waals surface area (Å²) in [6.45, 7) is 10.5. The molecule has 68 valence electrons. The predicted octanol–water partition coefficient (Wildman–Crippen LogP) is 2.99. The Morgan fingerprint density at radius 2 is 1.92 bits per heavy atom. The molecule has 0 aromatic heterocycles. The van der Waals surface area contributed by atoms with Crippen molar-refractivity contribution in [3.8, 4) is 12.0 Å². The Morgan fingerprint density at radius 1 is 1.33 bits per heavy atom. The van der Waals surface area contributed by atoms with Crippen molar-refractivity contribution in [3.63, 3.8) is 0 Å². The smallest absolute Gasteiger partial charge is 0.0443 e. The van der Waals surface area contributed by atoms with Gasteiger partial charge in [-0.05, 0) is 27.7 Å². The highest BCUT2D eigenvalue weighted by molar-refractivity contribution is 5.06. The van der Waals surface area contributed by atoms with Crippen LogP contribution in [0.15, 0.2) is 12.3 Å². The van der Waals surface area contributed by atoms with Crippen molar-refractivity contribution in [1.82, 2.24) is 4.90 Å². The SMILES string of the molecule is C/C=C\N(C#CCC)C(C)(C)C. The van der Waals surface area contributed by atoms with Gasteiger partial charge in [-0.2, -0.15) is 0 Å². The van der Waals surface area contributed by atoms with Gasteiger partial charge in [-0.3, -0.25) is 0 Å². The molecule has 0 rings (SSSR count). The van der Waals surface area contributed by atoms with Crippen molar-refractivity contribution < 1.29 is 0 Å². The Labute approximate surface area is 76.5 Å². The Hall–Kier alpha value is -0.900. The van der Waals surface area contributed by atoms with E-state index in [1.54, 1.807) is 0 Å². The number of hydrogen-bond acceptors (Lipinski definition) is 1. The normalized spacial score (nSPS) is 11.1. The van der Waals surface area contributed by atoms with Crippen LogP contribution in [-0.2, 0) is 0 Å². The first-order valence-electron chi connectivity index (χ1n) is 4.43. The molecule has 0 saturated carbocycles. The van der Waals surface area contributed by atoms with Crippen LogP contribution >= 0.6 is 0 Å². The lowest BCUT2D eigenvalue weighted by Gasteiger charge is -2.28. The first-order chi connectivity index (χ1) is 5.52. The Bertz CT molecular complexity index is 197. The van der Waals surface area contributed by atoms with E-state index in [-0.39, 0.29) is 5.54 Å². The molecule has 0 unspecified atom stereocenters. The van der Waals surface area contributed by atoms with Crippen molar-refractivity contribution in [2.45, 2.75) is 46.6 Å². The summed E-state index contributed by atoms with van der Waals surface area (Å²) >= 11 is 0. The van der Waals surface area contributed by atoms with Gasteiger partial charge < -0.3 is 4.90 Å². The van der Waals surface area contributed by atoms with Crippen LogP contribution in [0.5, 0.6) is 0 Å². The zero-order valence-electron chi connectivity index (χ0n) is 8.81. The molecule has 0 N–H and O–H groups in total. The summed E-state index contributed by atoms with van der Waals surface area (Å²) in [5, 5.41) is 0. The molecule has 0 aliphatic carbocycles. The number of rotatable bonds is 1. The first-order valence-corrected chi connectivity index (χ1v) is 4.43. The topological polar surface area (TPSA) is 3.24 Å². The molecule has 12 heavy (non-hydrogen) atoms. The van der Waals surface area contributed by atoms with Gasteiger partial charge in [0.25, 0.3) is 0 Å². The van der Waals surface area contributed by atoms with E-state index in [2.05, 4.69) is 39.7 Å². The van der Waals surface area contributed by atoms with Crippen molar-refractivity contribution in [2.75, 3.05) is 0 Å². The minimum absolute atomic E-state index is 0.0919. The standard InChI is InChI=1S/C11H19N/c1-6-8-10-12(9-7-2)11(3,4)5/h7,9H,6H2,1-5H3/b9-7-. The van der Waals surface area contributed by atoms with Crippen LogP contribution < -0.4 is 0 Å². The molecule has 0 atom stereocenters. The van der Waals surface area contributed by atoms with Crippen LogP contribution in [0.2, 0.25) is 0 Å². The summed E-state index contributed by atoms with van der Waals surface area (Å²) in [5.74, 6) is 3.06. The van der Waals surface area contributed by atoms with Crippen LogP contribution in [0.3, 0.4) is 0 Å². The highest BCUT2D eigenvalue weighted by Gasteiger charge is 2.15. The maximum atomic E-state index is 3.11. The molecule has 0 saturated heterocycles. The third-order valence-electron chi connectivity index (χ3n) is 1.40. The second-order valence-electron chi connectivity index (χ2n) is 3.67. The third kappa shape index (κ3) is 4.08. The van der Waals surface area contributed by atoms with Crippen LogP contribution in [-0.4, -0.2) is 10.4 Å². The van der Waals surface area contributed by atoms with Gasteiger partial charge in [0.15, 0.2) is 0 Å². The fourth-order valence-electron chi connectivity index (χ4n) is 0.742. The molecule has 0 bridgehead atoms. The number of hydrogen-bond donors (Lipinski definition) is 0. The van der Waals surface area contributed by atoms with E-state index in [9.17, 15) is 0 Å². The molecule has 0 aromatic carbocycles. The van der Waals surface area contributed by atoms with Gasteiger partial charge in [-0.15, -0.1) is 0 Å². The summed E-state index contributed by atoms with van der Waals surface area (Å²) in [6, 6.07) is 3.11. The average molecular weight is 165 g/mol. The van der Waals surface area contributed by atoms with E-state index in [0.29, 0.717) is 0 Å². The highest BCUT2D eigenvalue weighted by atomic mass is 15.1. The van der Waals surface area contributed by atoms with Gasteiger partial charge >= 0.3 is 0 Å². The van der Waals surface area contributed by atoms with Gasteiger partial charge in [0.05, 0.1) is 0 Å². The van der Waals surface area contributed by atoms with Crippen molar-refractivity contribution >= 4 is 0 Å². The summed E-state index contributed by atoms with van der Waals surface area (Å²) in [6.07, 6.45) is 4.93. The highest BCUT2D eigenvalue weighted by Crippen LogP contribution is 2.11. The molecule has 0 heterocycles.